The van der Waals surface area contributed by atoms with Gasteiger partial charge in [-0.1, -0.05) is 24.3 Å². The Labute approximate surface area is 106 Å². The van der Waals surface area contributed by atoms with Gasteiger partial charge in [0.05, 0.1) is 6.42 Å². The predicted octanol–water partition coefficient (Wildman–Crippen LogP) is 2.21. The van der Waals surface area contributed by atoms with Crippen molar-refractivity contribution >= 4 is 11.6 Å². The third kappa shape index (κ3) is 1.99. The van der Waals surface area contributed by atoms with E-state index in [1.54, 1.807) is 12.4 Å². The van der Waals surface area contributed by atoms with Crippen molar-refractivity contribution in [3.8, 4) is 0 Å². The molecule has 90 valence electrons. The van der Waals surface area contributed by atoms with E-state index in [-0.39, 0.29) is 5.91 Å². The van der Waals surface area contributed by atoms with Gasteiger partial charge in [-0.25, -0.2) is 0 Å². The average molecular weight is 238 g/mol. The maximum atomic E-state index is 12.3. The number of pyridine rings is 1. The van der Waals surface area contributed by atoms with Gasteiger partial charge in [0.1, 0.15) is 0 Å². The van der Waals surface area contributed by atoms with Crippen LogP contribution in [0.4, 0.5) is 5.69 Å². The third-order valence-electron chi connectivity index (χ3n) is 3.27. The zero-order chi connectivity index (χ0) is 12.4. The highest BCUT2D eigenvalue weighted by atomic mass is 16.2. The summed E-state index contributed by atoms with van der Waals surface area (Å²) in [6, 6.07) is 11.9. The first-order valence-corrected chi connectivity index (χ1v) is 6.12. The van der Waals surface area contributed by atoms with E-state index in [0.29, 0.717) is 6.42 Å². The van der Waals surface area contributed by atoms with Gasteiger partial charge < -0.3 is 4.90 Å². The molecule has 0 saturated carbocycles. The van der Waals surface area contributed by atoms with Crippen molar-refractivity contribution in [1.29, 1.82) is 0 Å². The zero-order valence-corrected chi connectivity index (χ0v) is 10.0. The SMILES string of the molecule is O=C(Cc1cccnc1)N1CCc2ccccc21. The van der Waals surface area contributed by atoms with Crippen molar-refractivity contribution in [3.63, 3.8) is 0 Å². The molecule has 18 heavy (non-hydrogen) atoms. The van der Waals surface area contributed by atoms with E-state index in [1.165, 1.54) is 5.56 Å². The number of aromatic nitrogens is 1. The number of anilines is 1. The molecule has 0 aliphatic carbocycles. The second-order valence-corrected chi connectivity index (χ2v) is 4.46. The molecule has 0 unspecified atom stereocenters. The van der Waals surface area contributed by atoms with Gasteiger partial charge in [-0.2, -0.15) is 0 Å². The monoisotopic (exact) mass is 238 g/mol. The van der Waals surface area contributed by atoms with Crippen LogP contribution in [0.15, 0.2) is 48.8 Å². The number of carbonyl (C=O) groups excluding carboxylic acids is 1. The summed E-state index contributed by atoms with van der Waals surface area (Å²) in [5, 5.41) is 0. The molecule has 0 saturated heterocycles. The molecular formula is C15H14N2O. The highest BCUT2D eigenvalue weighted by molar-refractivity contribution is 5.96. The largest absolute Gasteiger partial charge is 0.312 e. The number of hydrogen-bond acceptors (Lipinski definition) is 2. The molecule has 0 bridgehead atoms. The smallest absolute Gasteiger partial charge is 0.231 e. The van der Waals surface area contributed by atoms with Crippen molar-refractivity contribution in [2.45, 2.75) is 12.8 Å². The van der Waals surface area contributed by atoms with Gasteiger partial charge in [0.15, 0.2) is 0 Å². The van der Waals surface area contributed by atoms with E-state index < -0.39 is 0 Å². The maximum Gasteiger partial charge on any atom is 0.231 e. The van der Waals surface area contributed by atoms with E-state index in [1.807, 2.05) is 35.2 Å². The Hall–Kier alpha value is -2.16. The summed E-state index contributed by atoms with van der Waals surface area (Å²) in [6.45, 7) is 0.790. The van der Waals surface area contributed by atoms with Crippen LogP contribution in [-0.2, 0) is 17.6 Å². The number of hydrogen-bond donors (Lipinski definition) is 0. The second kappa shape index (κ2) is 4.61. The molecule has 0 fully saturated rings. The molecule has 2 aromatic rings. The topological polar surface area (TPSA) is 33.2 Å². The van der Waals surface area contributed by atoms with E-state index in [0.717, 1.165) is 24.2 Å². The molecule has 3 heteroatoms. The van der Waals surface area contributed by atoms with E-state index in [2.05, 4.69) is 11.1 Å². The van der Waals surface area contributed by atoms with Crippen molar-refractivity contribution < 1.29 is 4.79 Å². The lowest BCUT2D eigenvalue weighted by Gasteiger charge is -2.17. The lowest BCUT2D eigenvalue weighted by Crippen LogP contribution is -2.30. The summed E-state index contributed by atoms with van der Waals surface area (Å²) in [5.74, 6) is 0.146. The molecule has 1 amide bonds. The van der Waals surface area contributed by atoms with E-state index >= 15 is 0 Å². The molecule has 1 aliphatic rings. The van der Waals surface area contributed by atoms with Gasteiger partial charge in [-0.3, -0.25) is 9.78 Å². The zero-order valence-electron chi connectivity index (χ0n) is 10.0. The van der Waals surface area contributed by atoms with Crippen LogP contribution in [0.2, 0.25) is 0 Å². The second-order valence-electron chi connectivity index (χ2n) is 4.46. The van der Waals surface area contributed by atoms with Crippen LogP contribution in [0, 0.1) is 0 Å². The van der Waals surface area contributed by atoms with Crippen LogP contribution in [0.5, 0.6) is 0 Å². The molecule has 0 atom stereocenters. The van der Waals surface area contributed by atoms with Gasteiger partial charge in [-0.05, 0) is 29.7 Å². The lowest BCUT2D eigenvalue weighted by atomic mass is 10.1. The summed E-state index contributed by atoms with van der Waals surface area (Å²) in [7, 11) is 0. The minimum Gasteiger partial charge on any atom is -0.312 e. The number of nitrogens with zero attached hydrogens (tertiary/aromatic N) is 2. The third-order valence-corrected chi connectivity index (χ3v) is 3.27. The summed E-state index contributed by atoms with van der Waals surface area (Å²) in [4.78, 5) is 18.2. The van der Waals surface area contributed by atoms with Crippen LogP contribution in [0.25, 0.3) is 0 Å². The Morgan fingerprint density at radius 1 is 1.22 bits per heavy atom. The number of amides is 1. The molecule has 3 rings (SSSR count). The highest BCUT2D eigenvalue weighted by Crippen LogP contribution is 2.27. The Balaban J connectivity index is 1.79. The van der Waals surface area contributed by atoms with Crippen LogP contribution in [0.3, 0.4) is 0 Å². The molecule has 0 radical (unpaired) electrons. The summed E-state index contributed by atoms with van der Waals surface area (Å²) >= 11 is 0. The Morgan fingerprint density at radius 2 is 2.11 bits per heavy atom. The maximum absolute atomic E-state index is 12.3. The van der Waals surface area contributed by atoms with Crippen molar-refractivity contribution in [2.24, 2.45) is 0 Å². The van der Waals surface area contributed by atoms with Crippen LogP contribution < -0.4 is 4.90 Å². The van der Waals surface area contributed by atoms with Gasteiger partial charge in [-0.15, -0.1) is 0 Å². The highest BCUT2D eigenvalue weighted by Gasteiger charge is 2.23. The van der Waals surface area contributed by atoms with Crippen LogP contribution >= 0.6 is 0 Å². The van der Waals surface area contributed by atoms with Gasteiger partial charge >= 0.3 is 0 Å². The van der Waals surface area contributed by atoms with Gasteiger partial charge in [0.25, 0.3) is 0 Å². The van der Waals surface area contributed by atoms with Crippen molar-refractivity contribution in [2.75, 3.05) is 11.4 Å². The van der Waals surface area contributed by atoms with E-state index in [4.69, 9.17) is 0 Å². The normalized spacial score (nSPS) is 13.4. The number of carbonyl (C=O) groups is 1. The first-order chi connectivity index (χ1) is 8.84. The fourth-order valence-electron chi connectivity index (χ4n) is 2.37. The molecule has 1 aromatic carbocycles. The molecule has 2 heterocycles. The van der Waals surface area contributed by atoms with Gasteiger partial charge in [0, 0.05) is 24.6 Å². The van der Waals surface area contributed by atoms with E-state index in [9.17, 15) is 4.79 Å². The van der Waals surface area contributed by atoms with Gasteiger partial charge in [0.2, 0.25) is 5.91 Å². The Bertz CT molecular complexity index is 566. The number of rotatable bonds is 2. The lowest BCUT2D eigenvalue weighted by molar-refractivity contribution is -0.117. The minimum absolute atomic E-state index is 0.146. The molecular weight excluding hydrogens is 224 g/mol. The average Bonchev–Trinajstić information content (AvgIpc) is 2.84. The Morgan fingerprint density at radius 3 is 2.94 bits per heavy atom. The Kier molecular flexibility index (Phi) is 2.81. The fourth-order valence-corrected chi connectivity index (χ4v) is 2.37. The molecule has 1 aliphatic heterocycles. The molecule has 0 N–H and O–H groups in total. The number of fused-ring (bicyclic) bond motifs is 1. The van der Waals surface area contributed by atoms with Crippen LogP contribution in [0.1, 0.15) is 11.1 Å². The summed E-state index contributed by atoms with van der Waals surface area (Å²) in [5.41, 5.74) is 3.29. The molecule has 0 spiro atoms. The fraction of sp³-hybridized carbons (Fsp3) is 0.200. The molecule has 1 aromatic heterocycles. The predicted molar refractivity (Wildman–Crippen MR) is 70.4 cm³/mol. The summed E-state index contributed by atoms with van der Waals surface area (Å²) < 4.78 is 0. The molecule has 3 nitrogen and oxygen atoms in total. The number of benzene rings is 1. The first kappa shape index (κ1) is 11.0. The van der Waals surface area contributed by atoms with Crippen molar-refractivity contribution in [3.05, 3.63) is 59.9 Å². The van der Waals surface area contributed by atoms with Crippen molar-refractivity contribution in [1.82, 2.24) is 4.98 Å². The quantitative estimate of drug-likeness (QED) is 0.803. The first-order valence-electron chi connectivity index (χ1n) is 6.12. The minimum atomic E-state index is 0.146. The van der Waals surface area contributed by atoms with Crippen LogP contribution in [-0.4, -0.2) is 17.4 Å². The standard InChI is InChI=1S/C15H14N2O/c18-15(10-12-4-3-8-16-11-12)17-9-7-13-5-1-2-6-14(13)17/h1-6,8,11H,7,9-10H2. The summed E-state index contributed by atoms with van der Waals surface area (Å²) in [6.07, 6.45) is 4.84. The number of para-hydroxylation sites is 1.